The van der Waals surface area contributed by atoms with Crippen LogP contribution in [0.25, 0.3) is 0 Å². The van der Waals surface area contributed by atoms with Gasteiger partial charge < -0.3 is 9.64 Å². The van der Waals surface area contributed by atoms with Gasteiger partial charge in [-0.15, -0.1) is 0 Å². The zero-order valence-electron chi connectivity index (χ0n) is 11.6. The van der Waals surface area contributed by atoms with Crippen LogP contribution in [0.3, 0.4) is 0 Å². The van der Waals surface area contributed by atoms with Crippen LogP contribution < -0.4 is 0 Å². The Balaban J connectivity index is 1.90. The first kappa shape index (κ1) is 13.6. The minimum Gasteiger partial charge on any atom is -0.377 e. The number of hydrogen-bond acceptors (Lipinski definition) is 2. The van der Waals surface area contributed by atoms with Gasteiger partial charge in [0.05, 0.1) is 19.3 Å². The zero-order valence-corrected chi connectivity index (χ0v) is 11.6. The van der Waals surface area contributed by atoms with Gasteiger partial charge in [-0.25, -0.2) is 0 Å². The number of carbonyl (C=O) groups is 1. The maximum Gasteiger partial charge on any atom is 0.223 e. The van der Waals surface area contributed by atoms with Crippen LogP contribution in [0.2, 0.25) is 0 Å². The molecule has 1 saturated heterocycles. The summed E-state index contributed by atoms with van der Waals surface area (Å²) >= 11 is 0. The number of rotatable bonds is 4. The monoisotopic (exact) mass is 251 g/mol. The van der Waals surface area contributed by atoms with E-state index in [9.17, 15) is 4.79 Å². The summed E-state index contributed by atoms with van der Waals surface area (Å²) in [6.45, 7) is 6.59. The summed E-state index contributed by atoms with van der Waals surface area (Å²) in [4.78, 5) is 14.4. The van der Waals surface area contributed by atoms with Crippen LogP contribution in [-0.2, 0) is 9.53 Å². The Morgan fingerprint density at radius 3 is 3.00 bits per heavy atom. The molecule has 1 fully saturated rings. The van der Waals surface area contributed by atoms with Crippen LogP contribution in [0.1, 0.15) is 39.5 Å². The van der Waals surface area contributed by atoms with Crippen molar-refractivity contribution in [3.63, 3.8) is 0 Å². The highest BCUT2D eigenvalue weighted by Gasteiger charge is 2.28. The normalized spacial score (nSPS) is 28.1. The average molecular weight is 251 g/mol. The molecule has 0 aromatic rings. The lowest BCUT2D eigenvalue weighted by Crippen LogP contribution is -2.49. The highest BCUT2D eigenvalue weighted by molar-refractivity contribution is 5.77. The molecule has 0 unspecified atom stereocenters. The molecule has 0 N–H and O–H groups in total. The summed E-state index contributed by atoms with van der Waals surface area (Å²) in [6, 6.07) is 0.289. The van der Waals surface area contributed by atoms with E-state index in [4.69, 9.17) is 4.74 Å². The van der Waals surface area contributed by atoms with Gasteiger partial charge in [0, 0.05) is 13.0 Å². The average Bonchev–Trinajstić information content (AvgIpc) is 2.81. The van der Waals surface area contributed by atoms with Crippen LogP contribution >= 0.6 is 0 Å². The molecular formula is C15H25NO2. The number of nitrogens with zero attached hydrogens (tertiary/aromatic N) is 1. The summed E-state index contributed by atoms with van der Waals surface area (Å²) in [6.07, 6.45) is 8.41. The molecule has 102 valence electrons. The molecule has 2 rings (SSSR count). The standard InChI is InChI=1S/C15H25NO2/c1-12(2)9-14-11-18-8-7-16(14)15(17)10-13-5-3-4-6-13/h3,5,12-14H,4,6-11H2,1-2H3/t13-,14-/m1/s1. The molecule has 3 nitrogen and oxygen atoms in total. The molecule has 3 heteroatoms. The van der Waals surface area contributed by atoms with Crippen LogP contribution in [0, 0.1) is 11.8 Å². The molecule has 1 aliphatic carbocycles. The van der Waals surface area contributed by atoms with Crippen molar-refractivity contribution in [3.05, 3.63) is 12.2 Å². The van der Waals surface area contributed by atoms with E-state index in [1.807, 2.05) is 0 Å². The van der Waals surface area contributed by atoms with Gasteiger partial charge >= 0.3 is 0 Å². The van der Waals surface area contributed by atoms with E-state index < -0.39 is 0 Å². The number of ether oxygens (including phenoxy) is 1. The zero-order chi connectivity index (χ0) is 13.0. The molecule has 0 aromatic heterocycles. The van der Waals surface area contributed by atoms with Crippen molar-refractivity contribution in [2.75, 3.05) is 19.8 Å². The summed E-state index contributed by atoms with van der Waals surface area (Å²) in [5, 5.41) is 0. The fourth-order valence-corrected chi connectivity index (χ4v) is 2.93. The van der Waals surface area contributed by atoms with Gasteiger partial charge in [0.15, 0.2) is 0 Å². The second kappa shape index (κ2) is 6.37. The molecular weight excluding hydrogens is 226 g/mol. The summed E-state index contributed by atoms with van der Waals surface area (Å²) in [7, 11) is 0. The summed E-state index contributed by atoms with van der Waals surface area (Å²) in [5.74, 6) is 1.40. The van der Waals surface area contributed by atoms with Crippen LogP contribution in [0.4, 0.5) is 0 Å². The molecule has 1 heterocycles. The number of amides is 1. The first-order valence-corrected chi connectivity index (χ1v) is 7.20. The molecule has 0 aromatic carbocycles. The van der Waals surface area contributed by atoms with Gasteiger partial charge in [0.1, 0.15) is 0 Å². The van der Waals surface area contributed by atoms with E-state index in [2.05, 4.69) is 30.9 Å². The van der Waals surface area contributed by atoms with Gasteiger partial charge in [-0.1, -0.05) is 26.0 Å². The fraction of sp³-hybridized carbons (Fsp3) is 0.800. The maximum absolute atomic E-state index is 12.4. The maximum atomic E-state index is 12.4. The molecule has 18 heavy (non-hydrogen) atoms. The third kappa shape index (κ3) is 3.58. The molecule has 1 aliphatic heterocycles. The topological polar surface area (TPSA) is 29.5 Å². The molecule has 0 radical (unpaired) electrons. The van der Waals surface area contributed by atoms with Crippen molar-refractivity contribution >= 4 is 5.91 Å². The molecule has 0 spiro atoms. The van der Waals surface area contributed by atoms with Crippen molar-refractivity contribution in [1.29, 1.82) is 0 Å². The number of hydrogen-bond donors (Lipinski definition) is 0. The lowest BCUT2D eigenvalue weighted by molar-refractivity contribution is -0.141. The first-order valence-electron chi connectivity index (χ1n) is 7.20. The van der Waals surface area contributed by atoms with Gasteiger partial charge in [0.25, 0.3) is 0 Å². The minimum atomic E-state index is 0.289. The van der Waals surface area contributed by atoms with E-state index in [0.717, 1.165) is 25.8 Å². The van der Waals surface area contributed by atoms with Gasteiger partial charge in [0.2, 0.25) is 5.91 Å². The van der Waals surface area contributed by atoms with E-state index in [0.29, 0.717) is 37.4 Å². The Morgan fingerprint density at radius 1 is 1.50 bits per heavy atom. The highest BCUT2D eigenvalue weighted by Crippen LogP contribution is 2.23. The van der Waals surface area contributed by atoms with Gasteiger partial charge in [-0.2, -0.15) is 0 Å². The van der Waals surface area contributed by atoms with E-state index in [1.165, 1.54) is 0 Å². The highest BCUT2D eigenvalue weighted by atomic mass is 16.5. The predicted octanol–water partition coefficient (Wildman–Crippen LogP) is 2.62. The predicted molar refractivity (Wildman–Crippen MR) is 72.3 cm³/mol. The Kier molecular flexibility index (Phi) is 4.81. The summed E-state index contributed by atoms with van der Waals surface area (Å²) < 4.78 is 5.53. The number of allylic oxidation sites excluding steroid dienone is 2. The first-order chi connectivity index (χ1) is 8.66. The van der Waals surface area contributed by atoms with Crippen molar-refractivity contribution in [2.24, 2.45) is 11.8 Å². The second-order valence-corrected chi connectivity index (χ2v) is 5.92. The molecule has 1 amide bonds. The van der Waals surface area contributed by atoms with E-state index in [1.54, 1.807) is 0 Å². The smallest absolute Gasteiger partial charge is 0.223 e. The molecule has 0 saturated carbocycles. The largest absolute Gasteiger partial charge is 0.377 e. The quantitative estimate of drug-likeness (QED) is 0.719. The van der Waals surface area contributed by atoms with Crippen molar-refractivity contribution < 1.29 is 9.53 Å². The third-order valence-corrected chi connectivity index (χ3v) is 3.84. The van der Waals surface area contributed by atoms with Crippen molar-refractivity contribution in [3.8, 4) is 0 Å². The van der Waals surface area contributed by atoms with Crippen molar-refractivity contribution in [2.45, 2.75) is 45.6 Å². The minimum absolute atomic E-state index is 0.289. The fourth-order valence-electron chi connectivity index (χ4n) is 2.93. The van der Waals surface area contributed by atoms with Gasteiger partial charge in [-0.05, 0) is 31.1 Å². The van der Waals surface area contributed by atoms with Crippen LogP contribution in [0.15, 0.2) is 12.2 Å². The van der Waals surface area contributed by atoms with Crippen LogP contribution in [-0.4, -0.2) is 36.6 Å². The Labute approximate surface area is 110 Å². The second-order valence-electron chi connectivity index (χ2n) is 5.92. The lowest BCUT2D eigenvalue weighted by Gasteiger charge is -2.37. The Bertz CT molecular complexity index is 312. The van der Waals surface area contributed by atoms with Crippen molar-refractivity contribution in [1.82, 2.24) is 4.90 Å². The lowest BCUT2D eigenvalue weighted by atomic mass is 9.99. The Morgan fingerprint density at radius 2 is 2.33 bits per heavy atom. The van der Waals surface area contributed by atoms with Gasteiger partial charge in [-0.3, -0.25) is 4.79 Å². The Hall–Kier alpha value is -0.830. The molecule has 0 bridgehead atoms. The SMILES string of the molecule is CC(C)C[C@@H]1COCCN1C(=O)C[C@@H]1C=CCC1. The summed E-state index contributed by atoms with van der Waals surface area (Å²) in [5.41, 5.74) is 0. The molecule has 2 atom stereocenters. The van der Waals surface area contributed by atoms with E-state index in [-0.39, 0.29) is 6.04 Å². The number of carbonyl (C=O) groups excluding carboxylic acids is 1. The third-order valence-electron chi connectivity index (χ3n) is 3.84. The van der Waals surface area contributed by atoms with E-state index >= 15 is 0 Å². The van der Waals surface area contributed by atoms with Crippen LogP contribution in [0.5, 0.6) is 0 Å². The molecule has 2 aliphatic rings. The number of morpholine rings is 1.